The van der Waals surface area contributed by atoms with Gasteiger partial charge in [0.05, 0.1) is 7.11 Å². The fraction of sp³-hybridized carbons (Fsp3) is 0.375. The second-order valence-corrected chi connectivity index (χ2v) is 4.80. The minimum atomic E-state index is -0.572. The standard InChI is InChI=1S/C16H20O4/c1-19-15-9-11(5-7-13(15)17)3-4-12-6-8-14(18)16(10-12)20-2/h5-10,13,15,17-18H,3-4H2,1-2H3. The maximum atomic E-state index is 9.67. The van der Waals surface area contributed by atoms with E-state index < -0.39 is 6.10 Å². The third-order valence-corrected chi connectivity index (χ3v) is 3.44. The molecule has 0 bridgehead atoms. The number of aryl methyl sites for hydroxylation is 1. The second-order valence-electron chi connectivity index (χ2n) is 4.80. The Morgan fingerprint density at radius 2 is 2.00 bits per heavy atom. The van der Waals surface area contributed by atoms with E-state index in [1.807, 2.05) is 24.3 Å². The highest BCUT2D eigenvalue weighted by Gasteiger charge is 2.17. The van der Waals surface area contributed by atoms with Gasteiger partial charge in [0, 0.05) is 7.11 Å². The van der Waals surface area contributed by atoms with Gasteiger partial charge in [-0.1, -0.05) is 18.2 Å². The molecule has 4 heteroatoms. The molecule has 1 aromatic rings. The summed E-state index contributed by atoms with van der Waals surface area (Å²) in [6.45, 7) is 0. The predicted molar refractivity (Wildman–Crippen MR) is 77.0 cm³/mol. The van der Waals surface area contributed by atoms with Crippen molar-refractivity contribution < 1.29 is 19.7 Å². The molecule has 108 valence electrons. The number of ether oxygens (including phenoxy) is 2. The van der Waals surface area contributed by atoms with Crippen molar-refractivity contribution in [3.63, 3.8) is 0 Å². The number of aromatic hydroxyl groups is 1. The fourth-order valence-corrected chi connectivity index (χ4v) is 2.24. The molecule has 2 atom stereocenters. The van der Waals surface area contributed by atoms with E-state index in [0.29, 0.717) is 5.75 Å². The van der Waals surface area contributed by atoms with E-state index >= 15 is 0 Å². The van der Waals surface area contributed by atoms with Crippen LogP contribution in [-0.2, 0) is 11.2 Å². The van der Waals surface area contributed by atoms with E-state index in [9.17, 15) is 10.2 Å². The molecule has 0 spiro atoms. The van der Waals surface area contributed by atoms with Crippen LogP contribution in [0.25, 0.3) is 0 Å². The number of aliphatic hydroxyl groups excluding tert-OH is 1. The lowest BCUT2D eigenvalue weighted by molar-refractivity contribution is 0.0409. The lowest BCUT2D eigenvalue weighted by Crippen LogP contribution is -2.26. The number of benzene rings is 1. The number of phenolic OH excluding ortho intramolecular Hbond substituents is 1. The summed E-state index contributed by atoms with van der Waals surface area (Å²) in [6, 6.07) is 5.36. The normalized spacial score (nSPS) is 21.6. The van der Waals surface area contributed by atoms with Crippen LogP contribution >= 0.6 is 0 Å². The summed E-state index contributed by atoms with van der Waals surface area (Å²) in [4.78, 5) is 0. The zero-order chi connectivity index (χ0) is 14.5. The van der Waals surface area contributed by atoms with Gasteiger partial charge in [-0.3, -0.25) is 0 Å². The van der Waals surface area contributed by atoms with Gasteiger partial charge in [0.15, 0.2) is 11.5 Å². The van der Waals surface area contributed by atoms with Gasteiger partial charge in [0.25, 0.3) is 0 Å². The third kappa shape index (κ3) is 3.40. The Morgan fingerprint density at radius 1 is 1.20 bits per heavy atom. The Balaban J connectivity index is 2.00. The zero-order valence-electron chi connectivity index (χ0n) is 11.7. The van der Waals surface area contributed by atoms with Gasteiger partial charge in [0.2, 0.25) is 0 Å². The summed E-state index contributed by atoms with van der Waals surface area (Å²) in [5, 5.41) is 19.2. The Morgan fingerprint density at radius 3 is 2.70 bits per heavy atom. The van der Waals surface area contributed by atoms with E-state index in [2.05, 4.69) is 0 Å². The summed E-state index contributed by atoms with van der Waals surface area (Å²) in [6.07, 6.45) is 6.46. The van der Waals surface area contributed by atoms with Gasteiger partial charge >= 0.3 is 0 Å². The van der Waals surface area contributed by atoms with Crippen molar-refractivity contribution >= 4 is 0 Å². The smallest absolute Gasteiger partial charge is 0.160 e. The van der Waals surface area contributed by atoms with Crippen LogP contribution in [0.5, 0.6) is 11.5 Å². The van der Waals surface area contributed by atoms with Crippen LogP contribution in [0.15, 0.2) is 42.0 Å². The largest absolute Gasteiger partial charge is 0.504 e. The van der Waals surface area contributed by atoms with E-state index in [-0.39, 0.29) is 11.9 Å². The summed E-state index contributed by atoms with van der Waals surface area (Å²) < 4.78 is 10.3. The van der Waals surface area contributed by atoms with E-state index in [4.69, 9.17) is 9.47 Å². The van der Waals surface area contributed by atoms with Crippen LogP contribution in [0.1, 0.15) is 12.0 Å². The van der Waals surface area contributed by atoms with Crippen molar-refractivity contribution in [2.45, 2.75) is 25.0 Å². The molecule has 2 unspecified atom stereocenters. The molecule has 0 aliphatic heterocycles. The molecule has 0 aromatic heterocycles. The molecule has 4 nitrogen and oxygen atoms in total. The maximum Gasteiger partial charge on any atom is 0.160 e. The van der Waals surface area contributed by atoms with Crippen molar-refractivity contribution in [2.75, 3.05) is 14.2 Å². The first-order valence-corrected chi connectivity index (χ1v) is 6.59. The lowest BCUT2D eigenvalue weighted by atomic mass is 9.97. The average molecular weight is 276 g/mol. The molecule has 1 aliphatic rings. The maximum absolute atomic E-state index is 9.67. The minimum Gasteiger partial charge on any atom is -0.504 e. The first-order valence-electron chi connectivity index (χ1n) is 6.59. The topological polar surface area (TPSA) is 58.9 Å². The molecule has 2 rings (SSSR count). The highest BCUT2D eigenvalue weighted by Crippen LogP contribution is 2.27. The predicted octanol–water partition coefficient (Wildman–Crippen LogP) is 2.21. The van der Waals surface area contributed by atoms with Crippen LogP contribution in [0.2, 0.25) is 0 Å². The molecule has 1 aliphatic carbocycles. The molecule has 0 saturated carbocycles. The van der Waals surface area contributed by atoms with Gasteiger partial charge in [-0.25, -0.2) is 0 Å². The minimum absolute atomic E-state index is 0.149. The summed E-state index contributed by atoms with van der Waals surface area (Å²) in [5.74, 6) is 0.636. The first-order chi connectivity index (χ1) is 9.63. The van der Waals surface area contributed by atoms with Crippen LogP contribution < -0.4 is 4.74 Å². The van der Waals surface area contributed by atoms with Crippen molar-refractivity contribution in [1.82, 2.24) is 0 Å². The van der Waals surface area contributed by atoms with Gasteiger partial charge < -0.3 is 19.7 Å². The molecular weight excluding hydrogens is 256 g/mol. The van der Waals surface area contributed by atoms with Crippen LogP contribution in [0, 0.1) is 0 Å². The van der Waals surface area contributed by atoms with Gasteiger partial charge in [-0.15, -0.1) is 0 Å². The van der Waals surface area contributed by atoms with Crippen molar-refractivity contribution in [3.05, 3.63) is 47.6 Å². The van der Waals surface area contributed by atoms with E-state index in [1.165, 1.54) is 7.11 Å². The Hall–Kier alpha value is -1.78. The zero-order valence-corrected chi connectivity index (χ0v) is 11.7. The number of rotatable bonds is 5. The van der Waals surface area contributed by atoms with Crippen LogP contribution in [-0.4, -0.2) is 36.6 Å². The van der Waals surface area contributed by atoms with Crippen molar-refractivity contribution in [2.24, 2.45) is 0 Å². The molecule has 0 amide bonds. The molecule has 0 fully saturated rings. The SMILES string of the molecule is COc1cc(CCC2=CC(OC)C(O)C=C2)ccc1O. The molecule has 2 N–H and O–H groups in total. The summed E-state index contributed by atoms with van der Waals surface area (Å²) >= 11 is 0. The number of methoxy groups -OCH3 is 2. The van der Waals surface area contributed by atoms with Gasteiger partial charge in [-0.05, 0) is 42.2 Å². The molecule has 0 radical (unpaired) electrons. The highest BCUT2D eigenvalue weighted by molar-refractivity contribution is 5.42. The van der Waals surface area contributed by atoms with E-state index in [0.717, 1.165) is 24.0 Å². The second kappa shape index (κ2) is 6.59. The number of hydrogen-bond acceptors (Lipinski definition) is 4. The Labute approximate surface area is 119 Å². The molecular formula is C16H20O4. The highest BCUT2D eigenvalue weighted by atomic mass is 16.5. The first kappa shape index (κ1) is 14.6. The van der Waals surface area contributed by atoms with Crippen LogP contribution in [0.3, 0.4) is 0 Å². The Bertz CT molecular complexity index is 519. The number of aliphatic hydroxyl groups is 1. The number of phenols is 1. The molecule has 0 saturated heterocycles. The quantitative estimate of drug-likeness (QED) is 0.865. The summed E-state index contributed by atoms with van der Waals surface area (Å²) in [7, 11) is 3.13. The van der Waals surface area contributed by atoms with Crippen molar-refractivity contribution in [3.8, 4) is 11.5 Å². The average Bonchev–Trinajstić information content (AvgIpc) is 2.47. The molecule has 20 heavy (non-hydrogen) atoms. The lowest BCUT2D eigenvalue weighted by Gasteiger charge is -2.20. The molecule has 1 aromatic carbocycles. The number of allylic oxidation sites excluding steroid dienone is 2. The monoisotopic (exact) mass is 276 g/mol. The van der Waals surface area contributed by atoms with Gasteiger partial charge in [-0.2, -0.15) is 0 Å². The van der Waals surface area contributed by atoms with Crippen molar-refractivity contribution in [1.29, 1.82) is 0 Å². The Kier molecular flexibility index (Phi) is 4.82. The third-order valence-electron chi connectivity index (χ3n) is 3.44. The fourth-order valence-electron chi connectivity index (χ4n) is 2.24. The molecule has 0 heterocycles. The summed E-state index contributed by atoms with van der Waals surface area (Å²) in [5.41, 5.74) is 2.23. The van der Waals surface area contributed by atoms with Crippen LogP contribution in [0.4, 0.5) is 0 Å². The number of hydrogen-bond donors (Lipinski definition) is 2. The van der Waals surface area contributed by atoms with E-state index in [1.54, 1.807) is 19.3 Å². The van der Waals surface area contributed by atoms with Gasteiger partial charge in [0.1, 0.15) is 12.2 Å².